The summed E-state index contributed by atoms with van der Waals surface area (Å²) < 4.78 is 0. The van der Waals surface area contributed by atoms with E-state index in [1.54, 1.807) is 12.1 Å². The Morgan fingerprint density at radius 1 is 1.18 bits per heavy atom. The van der Waals surface area contributed by atoms with E-state index in [1.807, 2.05) is 18.2 Å². The van der Waals surface area contributed by atoms with Crippen molar-refractivity contribution in [2.75, 3.05) is 6.54 Å². The maximum atomic E-state index is 12.5. The van der Waals surface area contributed by atoms with Gasteiger partial charge in [-0.3, -0.25) is 9.59 Å². The molecule has 1 saturated carbocycles. The van der Waals surface area contributed by atoms with Gasteiger partial charge in [0.2, 0.25) is 5.91 Å². The molecule has 1 amide bonds. The van der Waals surface area contributed by atoms with Crippen molar-refractivity contribution < 1.29 is 9.59 Å². The van der Waals surface area contributed by atoms with E-state index in [-0.39, 0.29) is 24.2 Å². The van der Waals surface area contributed by atoms with Crippen molar-refractivity contribution in [1.82, 2.24) is 5.32 Å². The predicted molar refractivity (Wildman–Crippen MR) is 88.6 cm³/mol. The first kappa shape index (κ1) is 16.7. The van der Waals surface area contributed by atoms with Crippen LogP contribution in [0.1, 0.15) is 50.4 Å². The Kier molecular flexibility index (Phi) is 5.76. The van der Waals surface area contributed by atoms with Crippen LogP contribution in [0.5, 0.6) is 0 Å². The van der Waals surface area contributed by atoms with E-state index < -0.39 is 0 Å². The second-order valence-electron chi connectivity index (χ2n) is 6.94. The van der Waals surface area contributed by atoms with Gasteiger partial charge in [0.1, 0.15) is 0 Å². The molecule has 120 valence electrons. The molecule has 0 spiro atoms. The highest BCUT2D eigenvalue weighted by atomic mass is 16.2. The molecule has 0 heterocycles. The number of nitrogens with one attached hydrogen (secondary N) is 1. The summed E-state index contributed by atoms with van der Waals surface area (Å²) in [4.78, 5) is 24.6. The molecule has 1 aliphatic carbocycles. The van der Waals surface area contributed by atoms with E-state index in [1.165, 1.54) is 6.42 Å². The molecule has 1 aromatic carbocycles. The number of carbonyl (C=O) groups excluding carboxylic acids is 2. The van der Waals surface area contributed by atoms with Gasteiger partial charge in [0.15, 0.2) is 5.78 Å². The summed E-state index contributed by atoms with van der Waals surface area (Å²) in [5.41, 5.74) is 0.653. The van der Waals surface area contributed by atoms with Gasteiger partial charge in [-0.2, -0.15) is 0 Å². The highest BCUT2D eigenvalue weighted by Gasteiger charge is 2.35. The van der Waals surface area contributed by atoms with Gasteiger partial charge in [-0.15, -0.1) is 0 Å². The quantitative estimate of drug-likeness (QED) is 0.843. The van der Waals surface area contributed by atoms with Crippen LogP contribution >= 0.6 is 0 Å². The predicted octanol–water partition coefficient (Wildman–Crippen LogP) is 3.69. The molecule has 22 heavy (non-hydrogen) atoms. The number of hydrogen-bond acceptors (Lipinski definition) is 2. The third-order valence-electron chi connectivity index (χ3n) is 4.88. The first-order valence-electron chi connectivity index (χ1n) is 8.35. The summed E-state index contributed by atoms with van der Waals surface area (Å²) in [6, 6.07) is 9.13. The molecule has 1 aromatic rings. The Bertz CT molecular complexity index is 509. The normalized spacial score (nSPS) is 25.0. The minimum atomic E-state index is -0.0288. The molecule has 1 unspecified atom stereocenters. The van der Waals surface area contributed by atoms with Gasteiger partial charge in [0.05, 0.1) is 6.54 Å². The standard InChI is InChI=1S/C19H27NO2/c1-13(2)16-10-9-14(3)11-17(16)19(22)20-12-18(21)15-7-5-4-6-8-15/h4-8,13-14,16-17H,9-12H2,1-3H3,(H,20,22)/t14?,16-,17+/m0/s1. The van der Waals surface area contributed by atoms with E-state index >= 15 is 0 Å². The van der Waals surface area contributed by atoms with Crippen LogP contribution in [0.3, 0.4) is 0 Å². The van der Waals surface area contributed by atoms with Gasteiger partial charge >= 0.3 is 0 Å². The monoisotopic (exact) mass is 301 g/mol. The average Bonchev–Trinajstić information content (AvgIpc) is 2.52. The molecule has 2 rings (SSSR count). The molecule has 3 nitrogen and oxygen atoms in total. The fraction of sp³-hybridized carbons (Fsp3) is 0.579. The number of benzene rings is 1. The Hall–Kier alpha value is -1.64. The molecule has 0 saturated heterocycles. The Labute approximate surface area is 133 Å². The van der Waals surface area contributed by atoms with Crippen molar-refractivity contribution in [3.63, 3.8) is 0 Å². The van der Waals surface area contributed by atoms with Crippen molar-refractivity contribution in [2.24, 2.45) is 23.7 Å². The van der Waals surface area contributed by atoms with Crippen LogP contribution in [0.4, 0.5) is 0 Å². The summed E-state index contributed by atoms with van der Waals surface area (Å²) in [7, 11) is 0. The second-order valence-corrected chi connectivity index (χ2v) is 6.94. The Balaban J connectivity index is 1.94. The Morgan fingerprint density at radius 2 is 1.86 bits per heavy atom. The van der Waals surface area contributed by atoms with Crippen molar-refractivity contribution in [3.05, 3.63) is 35.9 Å². The zero-order valence-electron chi connectivity index (χ0n) is 13.8. The summed E-state index contributed by atoms with van der Waals surface area (Å²) in [6.45, 7) is 6.69. The molecule has 3 atom stereocenters. The summed E-state index contributed by atoms with van der Waals surface area (Å²) >= 11 is 0. The summed E-state index contributed by atoms with van der Waals surface area (Å²) in [6.07, 6.45) is 3.26. The minimum Gasteiger partial charge on any atom is -0.348 e. The van der Waals surface area contributed by atoms with Gasteiger partial charge in [0, 0.05) is 11.5 Å². The number of amides is 1. The lowest BCUT2D eigenvalue weighted by Crippen LogP contribution is -2.41. The molecule has 1 fully saturated rings. The van der Waals surface area contributed by atoms with E-state index in [4.69, 9.17) is 0 Å². The molecule has 0 aromatic heterocycles. The largest absolute Gasteiger partial charge is 0.348 e. The number of carbonyl (C=O) groups is 2. The molecular weight excluding hydrogens is 274 g/mol. The lowest BCUT2D eigenvalue weighted by molar-refractivity contribution is -0.129. The molecule has 1 N–H and O–H groups in total. The number of hydrogen-bond donors (Lipinski definition) is 1. The summed E-state index contributed by atoms with van der Waals surface area (Å²) in [5, 5.41) is 2.87. The first-order chi connectivity index (χ1) is 10.5. The molecule has 1 aliphatic rings. The summed E-state index contributed by atoms with van der Waals surface area (Å²) in [5.74, 6) is 1.60. The van der Waals surface area contributed by atoms with Crippen LogP contribution in [-0.4, -0.2) is 18.2 Å². The van der Waals surface area contributed by atoms with Crippen molar-refractivity contribution in [1.29, 1.82) is 0 Å². The Morgan fingerprint density at radius 3 is 2.50 bits per heavy atom. The van der Waals surface area contributed by atoms with Crippen molar-refractivity contribution in [3.8, 4) is 0 Å². The third-order valence-corrected chi connectivity index (χ3v) is 4.88. The minimum absolute atomic E-state index is 0.0288. The van der Waals surface area contributed by atoms with E-state index in [0.29, 0.717) is 23.3 Å². The van der Waals surface area contributed by atoms with E-state index in [9.17, 15) is 9.59 Å². The molecular formula is C19H27NO2. The van der Waals surface area contributed by atoms with Crippen molar-refractivity contribution >= 4 is 11.7 Å². The van der Waals surface area contributed by atoms with Crippen LogP contribution in [0.25, 0.3) is 0 Å². The molecule has 0 bridgehead atoms. The van der Waals surface area contributed by atoms with Gasteiger partial charge in [-0.05, 0) is 30.6 Å². The first-order valence-corrected chi connectivity index (χ1v) is 8.35. The highest BCUT2D eigenvalue weighted by Crippen LogP contribution is 2.38. The van der Waals surface area contributed by atoms with Crippen LogP contribution in [0.15, 0.2) is 30.3 Å². The number of rotatable bonds is 5. The molecule has 0 aliphatic heterocycles. The van der Waals surface area contributed by atoms with Crippen LogP contribution < -0.4 is 5.32 Å². The maximum absolute atomic E-state index is 12.5. The van der Waals surface area contributed by atoms with Gasteiger partial charge in [0.25, 0.3) is 0 Å². The SMILES string of the molecule is CC1CC[C@@H](C(C)C)[C@H](C(=O)NCC(=O)c2ccccc2)C1. The van der Waals surface area contributed by atoms with Crippen LogP contribution in [-0.2, 0) is 4.79 Å². The van der Waals surface area contributed by atoms with Crippen LogP contribution in [0.2, 0.25) is 0 Å². The van der Waals surface area contributed by atoms with Crippen molar-refractivity contribution in [2.45, 2.75) is 40.0 Å². The average molecular weight is 301 g/mol. The third kappa shape index (κ3) is 4.19. The topological polar surface area (TPSA) is 46.2 Å². The maximum Gasteiger partial charge on any atom is 0.223 e. The smallest absolute Gasteiger partial charge is 0.223 e. The van der Waals surface area contributed by atoms with E-state index in [0.717, 1.165) is 12.8 Å². The van der Waals surface area contributed by atoms with E-state index in [2.05, 4.69) is 26.1 Å². The van der Waals surface area contributed by atoms with Gasteiger partial charge < -0.3 is 5.32 Å². The van der Waals surface area contributed by atoms with Gasteiger partial charge in [-0.25, -0.2) is 0 Å². The van der Waals surface area contributed by atoms with Gasteiger partial charge in [-0.1, -0.05) is 57.5 Å². The van der Waals surface area contributed by atoms with Crippen LogP contribution in [0, 0.1) is 23.7 Å². The number of Topliss-reactive ketones (excluding diaryl/α,β-unsaturated/α-hetero) is 1. The fourth-order valence-corrected chi connectivity index (χ4v) is 3.53. The lowest BCUT2D eigenvalue weighted by atomic mass is 9.70. The molecule has 0 radical (unpaired) electrons. The highest BCUT2D eigenvalue weighted by molar-refractivity contribution is 5.99. The second kappa shape index (κ2) is 7.57. The zero-order valence-corrected chi connectivity index (χ0v) is 13.8. The fourth-order valence-electron chi connectivity index (χ4n) is 3.53. The number of ketones is 1. The zero-order chi connectivity index (χ0) is 16.1. The lowest BCUT2D eigenvalue weighted by Gasteiger charge is -2.36. The molecule has 3 heteroatoms.